The van der Waals surface area contributed by atoms with Crippen molar-refractivity contribution in [2.45, 2.75) is 19.4 Å². The molecule has 0 bridgehead atoms. The molecule has 1 unspecified atom stereocenters. The highest BCUT2D eigenvalue weighted by molar-refractivity contribution is 5.84. The summed E-state index contributed by atoms with van der Waals surface area (Å²) in [6.07, 6.45) is 4.67. The van der Waals surface area contributed by atoms with Crippen molar-refractivity contribution in [2.24, 2.45) is 7.05 Å². The summed E-state index contributed by atoms with van der Waals surface area (Å²) in [6, 6.07) is 3.13. The Balaban J connectivity index is 1.83. The fourth-order valence-electron chi connectivity index (χ4n) is 1.84. The molecule has 2 aromatic heterocycles. The van der Waals surface area contributed by atoms with Crippen LogP contribution in [0.5, 0.6) is 0 Å². The summed E-state index contributed by atoms with van der Waals surface area (Å²) < 4.78 is 7.00. The van der Waals surface area contributed by atoms with Crippen LogP contribution in [0.15, 0.2) is 28.9 Å². The molecule has 0 aromatic carbocycles. The molecule has 0 saturated carbocycles. The first-order chi connectivity index (χ1) is 9.06. The molecule has 0 aliphatic carbocycles. The van der Waals surface area contributed by atoms with Crippen molar-refractivity contribution >= 4 is 5.97 Å². The van der Waals surface area contributed by atoms with E-state index in [1.807, 2.05) is 26.4 Å². The minimum Gasteiger partial charge on any atom is -0.475 e. The molecule has 102 valence electrons. The summed E-state index contributed by atoms with van der Waals surface area (Å²) in [7, 11) is 1.88. The van der Waals surface area contributed by atoms with E-state index in [-0.39, 0.29) is 11.8 Å². The van der Waals surface area contributed by atoms with Gasteiger partial charge in [0.1, 0.15) is 5.76 Å². The van der Waals surface area contributed by atoms with Crippen LogP contribution in [0.4, 0.5) is 0 Å². The summed E-state index contributed by atoms with van der Waals surface area (Å²) in [5.41, 5.74) is 1.16. The molecule has 0 fully saturated rings. The zero-order valence-corrected chi connectivity index (χ0v) is 11.0. The van der Waals surface area contributed by atoms with E-state index < -0.39 is 5.97 Å². The lowest BCUT2D eigenvalue weighted by Crippen LogP contribution is -2.20. The Labute approximate surface area is 111 Å². The molecule has 0 radical (unpaired) electrons. The maximum absolute atomic E-state index is 10.7. The van der Waals surface area contributed by atoms with Gasteiger partial charge in [-0.3, -0.25) is 4.68 Å². The van der Waals surface area contributed by atoms with Gasteiger partial charge in [0.25, 0.3) is 0 Å². The monoisotopic (exact) mass is 263 g/mol. The van der Waals surface area contributed by atoms with Crippen molar-refractivity contribution in [3.63, 3.8) is 0 Å². The molecule has 1 atom stereocenters. The van der Waals surface area contributed by atoms with Crippen molar-refractivity contribution in [1.82, 2.24) is 15.1 Å². The molecule has 19 heavy (non-hydrogen) atoms. The van der Waals surface area contributed by atoms with E-state index in [0.29, 0.717) is 5.76 Å². The number of carboxylic acids is 1. The highest BCUT2D eigenvalue weighted by Crippen LogP contribution is 2.16. The fraction of sp³-hybridized carbons (Fsp3) is 0.385. The lowest BCUT2D eigenvalue weighted by atomic mass is 10.2. The van der Waals surface area contributed by atoms with Gasteiger partial charge >= 0.3 is 5.97 Å². The van der Waals surface area contributed by atoms with Crippen molar-refractivity contribution in [2.75, 3.05) is 6.54 Å². The molecular formula is C13H17N3O3. The number of carbonyl (C=O) groups is 1. The van der Waals surface area contributed by atoms with E-state index in [1.165, 1.54) is 6.07 Å². The second kappa shape index (κ2) is 5.71. The first kappa shape index (κ1) is 13.4. The second-order valence-electron chi connectivity index (χ2n) is 4.46. The van der Waals surface area contributed by atoms with Crippen molar-refractivity contribution in [3.8, 4) is 0 Å². The van der Waals surface area contributed by atoms with Crippen LogP contribution < -0.4 is 5.32 Å². The molecule has 0 saturated heterocycles. The SMILES string of the molecule is CC(NCCc1cnn(C)c1)c1ccc(C(=O)O)o1. The minimum atomic E-state index is -1.05. The third kappa shape index (κ3) is 3.45. The minimum absolute atomic E-state index is 0.0234. The van der Waals surface area contributed by atoms with Gasteiger partial charge in [0.15, 0.2) is 0 Å². The number of hydrogen-bond donors (Lipinski definition) is 2. The van der Waals surface area contributed by atoms with Gasteiger partial charge < -0.3 is 14.8 Å². The van der Waals surface area contributed by atoms with Gasteiger partial charge in [-0.1, -0.05) is 0 Å². The largest absolute Gasteiger partial charge is 0.475 e. The summed E-state index contributed by atoms with van der Waals surface area (Å²) in [5.74, 6) is -0.451. The third-order valence-corrected chi connectivity index (χ3v) is 2.89. The van der Waals surface area contributed by atoms with Gasteiger partial charge in [-0.25, -0.2) is 4.79 Å². The lowest BCUT2D eigenvalue weighted by molar-refractivity contribution is 0.0659. The zero-order valence-electron chi connectivity index (χ0n) is 11.0. The van der Waals surface area contributed by atoms with Crippen LogP contribution in [0, 0.1) is 0 Å². The van der Waals surface area contributed by atoms with Crippen LogP contribution in [-0.2, 0) is 13.5 Å². The Kier molecular flexibility index (Phi) is 4.01. The van der Waals surface area contributed by atoms with Gasteiger partial charge in [-0.15, -0.1) is 0 Å². The summed E-state index contributed by atoms with van der Waals surface area (Å²) in [5, 5.41) is 16.2. The summed E-state index contributed by atoms with van der Waals surface area (Å²) in [4.78, 5) is 10.7. The number of furan rings is 1. The lowest BCUT2D eigenvalue weighted by Gasteiger charge is -2.10. The number of aromatic carboxylic acids is 1. The number of nitrogens with one attached hydrogen (secondary N) is 1. The highest BCUT2D eigenvalue weighted by Gasteiger charge is 2.13. The smallest absolute Gasteiger partial charge is 0.371 e. The topological polar surface area (TPSA) is 80.3 Å². The van der Waals surface area contributed by atoms with Crippen LogP contribution >= 0.6 is 0 Å². The van der Waals surface area contributed by atoms with Gasteiger partial charge in [0.05, 0.1) is 12.2 Å². The van der Waals surface area contributed by atoms with E-state index >= 15 is 0 Å². The van der Waals surface area contributed by atoms with Gasteiger partial charge in [0.2, 0.25) is 5.76 Å². The van der Waals surface area contributed by atoms with Crippen molar-refractivity contribution < 1.29 is 14.3 Å². The summed E-state index contributed by atoms with van der Waals surface area (Å²) >= 11 is 0. The Morgan fingerprint density at radius 2 is 2.37 bits per heavy atom. The van der Waals surface area contributed by atoms with E-state index in [1.54, 1.807) is 10.7 Å². The normalized spacial score (nSPS) is 12.5. The fourth-order valence-corrected chi connectivity index (χ4v) is 1.84. The molecule has 0 amide bonds. The first-order valence-electron chi connectivity index (χ1n) is 6.10. The number of carboxylic acid groups (broad SMARTS) is 1. The van der Waals surface area contributed by atoms with Crippen LogP contribution in [0.1, 0.15) is 34.8 Å². The molecule has 2 N–H and O–H groups in total. The average molecular weight is 263 g/mol. The second-order valence-corrected chi connectivity index (χ2v) is 4.46. The van der Waals surface area contributed by atoms with E-state index in [2.05, 4.69) is 10.4 Å². The molecule has 6 nitrogen and oxygen atoms in total. The first-order valence-corrected chi connectivity index (χ1v) is 6.10. The maximum Gasteiger partial charge on any atom is 0.371 e. The molecule has 0 spiro atoms. The molecule has 2 rings (SSSR count). The third-order valence-electron chi connectivity index (χ3n) is 2.89. The van der Waals surface area contributed by atoms with Crippen LogP contribution in [0.2, 0.25) is 0 Å². The predicted molar refractivity (Wildman–Crippen MR) is 69.0 cm³/mol. The standard InChI is InChI=1S/C13H17N3O3/c1-9(11-3-4-12(19-11)13(17)18)14-6-5-10-7-15-16(2)8-10/h3-4,7-9,14H,5-6H2,1-2H3,(H,17,18). The predicted octanol–water partition coefficient (Wildman–Crippen LogP) is 1.60. The Morgan fingerprint density at radius 3 is 2.95 bits per heavy atom. The van der Waals surface area contributed by atoms with Gasteiger partial charge in [-0.05, 0) is 37.6 Å². The number of nitrogens with zero attached hydrogens (tertiary/aromatic N) is 2. The number of rotatable bonds is 6. The quantitative estimate of drug-likeness (QED) is 0.827. The summed E-state index contributed by atoms with van der Waals surface area (Å²) in [6.45, 7) is 2.71. The number of aryl methyl sites for hydroxylation is 1. The van der Waals surface area contributed by atoms with Crippen molar-refractivity contribution in [3.05, 3.63) is 41.6 Å². The van der Waals surface area contributed by atoms with Crippen molar-refractivity contribution in [1.29, 1.82) is 0 Å². The molecule has 0 aliphatic heterocycles. The van der Waals surface area contributed by atoms with E-state index in [9.17, 15) is 4.79 Å². The van der Waals surface area contributed by atoms with E-state index in [4.69, 9.17) is 9.52 Å². The average Bonchev–Trinajstić information content (AvgIpc) is 2.98. The number of hydrogen-bond acceptors (Lipinski definition) is 4. The van der Waals surface area contributed by atoms with Crippen LogP contribution in [-0.4, -0.2) is 27.4 Å². The Hall–Kier alpha value is -2.08. The molecule has 2 aromatic rings. The van der Waals surface area contributed by atoms with Crippen LogP contribution in [0.3, 0.4) is 0 Å². The molecule has 2 heterocycles. The molecule has 6 heteroatoms. The maximum atomic E-state index is 10.7. The van der Waals surface area contributed by atoms with Gasteiger partial charge in [-0.2, -0.15) is 5.10 Å². The zero-order chi connectivity index (χ0) is 13.8. The molecular weight excluding hydrogens is 246 g/mol. The van der Waals surface area contributed by atoms with E-state index in [0.717, 1.165) is 18.5 Å². The Morgan fingerprint density at radius 1 is 1.58 bits per heavy atom. The Bertz CT molecular complexity index is 559. The van der Waals surface area contributed by atoms with Gasteiger partial charge in [0, 0.05) is 13.2 Å². The highest BCUT2D eigenvalue weighted by atomic mass is 16.4. The number of aromatic nitrogens is 2. The molecule has 0 aliphatic rings. The van der Waals surface area contributed by atoms with Crippen LogP contribution in [0.25, 0.3) is 0 Å².